The maximum Gasteiger partial charge on any atom is 0.198 e. The third kappa shape index (κ3) is 5.51. The summed E-state index contributed by atoms with van der Waals surface area (Å²) in [5, 5.41) is 0. The van der Waals surface area contributed by atoms with Crippen molar-refractivity contribution < 1.29 is 4.12 Å². The highest BCUT2D eigenvalue weighted by Gasteiger charge is 2.33. The van der Waals surface area contributed by atoms with Crippen LogP contribution in [0.3, 0.4) is 0 Å². The van der Waals surface area contributed by atoms with Crippen molar-refractivity contribution in [3.8, 4) is 0 Å². The van der Waals surface area contributed by atoms with Crippen LogP contribution in [-0.4, -0.2) is 40.8 Å². The average Bonchev–Trinajstić information content (AvgIpc) is 2.20. The molecule has 0 bridgehead atoms. The summed E-state index contributed by atoms with van der Waals surface area (Å²) in [4.78, 5) is 2.61. The molecule has 1 saturated heterocycles. The van der Waals surface area contributed by atoms with Gasteiger partial charge in [0.1, 0.15) is 0 Å². The lowest BCUT2D eigenvalue weighted by molar-refractivity contribution is 0.210. The van der Waals surface area contributed by atoms with E-state index in [4.69, 9.17) is 4.12 Å². The van der Waals surface area contributed by atoms with Gasteiger partial charge < -0.3 is 9.02 Å². The van der Waals surface area contributed by atoms with Crippen molar-refractivity contribution in [2.45, 2.75) is 46.0 Å². The van der Waals surface area contributed by atoms with Crippen LogP contribution in [-0.2, 0) is 4.12 Å². The molecule has 100 valence electrons. The molecular weight excluding hydrogens is 242 g/mol. The highest BCUT2D eigenvalue weighted by Crippen LogP contribution is 2.20. The lowest BCUT2D eigenvalue weighted by atomic mass is 10.00. The van der Waals surface area contributed by atoms with Crippen LogP contribution in [0, 0.1) is 5.92 Å². The first-order valence-electron chi connectivity index (χ1n) is 6.80. The quantitative estimate of drug-likeness (QED) is 0.711. The van der Waals surface area contributed by atoms with Crippen molar-refractivity contribution in [1.82, 2.24) is 4.90 Å². The molecule has 0 radical (unpaired) electrons. The van der Waals surface area contributed by atoms with E-state index in [0.717, 1.165) is 5.92 Å². The molecule has 0 amide bonds. The van der Waals surface area contributed by atoms with Crippen LogP contribution in [0.2, 0.25) is 26.2 Å². The lowest BCUT2D eigenvalue weighted by Gasteiger charge is -2.38. The molecule has 1 heterocycles. The molecule has 0 aromatic heterocycles. The van der Waals surface area contributed by atoms with E-state index in [9.17, 15) is 0 Å². The van der Waals surface area contributed by atoms with Crippen LogP contribution in [0.15, 0.2) is 12.3 Å². The van der Waals surface area contributed by atoms with E-state index in [2.05, 4.69) is 50.3 Å². The number of nitrogens with zero attached hydrogens (tertiary/aromatic N) is 1. The highest BCUT2D eigenvalue weighted by molar-refractivity contribution is 6.87. The van der Waals surface area contributed by atoms with Gasteiger partial charge in [0.2, 0.25) is 0 Å². The third-order valence-corrected chi connectivity index (χ3v) is 10.0. The Bertz CT molecular complexity index is 258. The molecule has 0 atom stereocenters. The van der Waals surface area contributed by atoms with Crippen molar-refractivity contribution in [3.63, 3.8) is 0 Å². The Morgan fingerprint density at radius 2 is 1.76 bits per heavy atom. The normalized spacial score (nSPS) is 20.5. The molecule has 0 unspecified atom stereocenters. The van der Waals surface area contributed by atoms with Gasteiger partial charge in [0.15, 0.2) is 16.6 Å². The number of hydrogen-bond donors (Lipinski definition) is 0. The molecule has 4 heteroatoms. The number of piperidine rings is 1. The molecule has 0 aromatic rings. The maximum atomic E-state index is 6.42. The summed E-state index contributed by atoms with van der Waals surface area (Å²) in [6.07, 6.45) is 3.89. The zero-order chi connectivity index (χ0) is 13.1. The fourth-order valence-corrected chi connectivity index (χ4v) is 10.2. The zero-order valence-corrected chi connectivity index (χ0v) is 14.3. The minimum absolute atomic E-state index is 0.913. The Labute approximate surface area is 109 Å². The second-order valence-electron chi connectivity index (χ2n) is 6.63. The third-order valence-electron chi connectivity index (χ3n) is 3.51. The van der Waals surface area contributed by atoms with E-state index in [1.54, 1.807) is 0 Å². The summed E-state index contributed by atoms with van der Waals surface area (Å²) < 4.78 is 6.42. The Kier molecular flexibility index (Phi) is 5.19. The van der Waals surface area contributed by atoms with E-state index >= 15 is 0 Å². The van der Waals surface area contributed by atoms with Crippen LogP contribution in [0.1, 0.15) is 19.8 Å². The molecule has 0 N–H and O–H groups in total. The Morgan fingerprint density at radius 1 is 1.24 bits per heavy atom. The average molecular weight is 272 g/mol. The molecule has 0 aromatic carbocycles. The summed E-state index contributed by atoms with van der Waals surface area (Å²) in [6, 6.07) is 0. The maximum absolute atomic E-state index is 6.42. The molecule has 0 saturated carbocycles. The summed E-state index contributed by atoms with van der Waals surface area (Å²) in [5.74, 6) is 0.913. The Hall–Kier alpha value is 0.0938. The minimum atomic E-state index is -1.61. The molecule has 1 fully saturated rings. The van der Waals surface area contributed by atoms with Gasteiger partial charge in [-0.25, -0.2) is 0 Å². The smallest absolute Gasteiger partial charge is 0.198 e. The summed E-state index contributed by atoms with van der Waals surface area (Å²) >= 11 is 0. The molecule has 0 spiro atoms. The minimum Gasteiger partial charge on any atom is -0.452 e. The van der Waals surface area contributed by atoms with Gasteiger partial charge in [-0.2, -0.15) is 0 Å². The largest absolute Gasteiger partial charge is 0.452 e. The van der Waals surface area contributed by atoms with Crippen molar-refractivity contribution in [3.05, 3.63) is 12.3 Å². The lowest BCUT2D eigenvalue weighted by Crippen LogP contribution is -2.52. The Balaban J connectivity index is 2.46. The van der Waals surface area contributed by atoms with E-state index in [1.165, 1.54) is 32.1 Å². The molecule has 17 heavy (non-hydrogen) atoms. The van der Waals surface area contributed by atoms with Gasteiger partial charge in [0.25, 0.3) is 0 Å². The SMILES string of the molecule is C=C[Si](C)(C)O[Si](C)(C)CN1CCC(C)CC1. The van der Waals surface area contributed by atoms with Crippen LogP contribution in [0.25, 0.3) is 0 Å². The summed E-state index contributed by atoms with van der Waals surface area (Å²) in [7, 11) is -3.16. The molecule has 0 aliphatic carbocycles. The van der Waals surface area contributed by atoms with E-state index in [1.807, 2.05) is 0 Å². The van der Waals surface area contributed by atoms with Gasteiger partial charge in [-0.15, -0.1) is 6.58 Å². The molecule has 1 aliphatic heterocycles. The monoisotopic (exact) mass is 271 g/mol. The Morgan fingerprint density at radius 3 is 2.24 bits per heavy atom. The second kappa shape index (κ2) is 5.82. The van der Waals surface area contributed by atoms with E-state index in [0.29, 0.717) is 0 Å². The molecular formula is C13H29NOSi2. The van der Waals surface area contributed by atoms with Gasteiger partial charge >= 0.3 is 0 Å². The van der Waals surface area contributed by atoms with Crippen molar-refractivity contribution >= 4 is 16.6 Å². The first-order valence-corrected chi connectivity index (χ1v) is 12.9. The van der Waals surface area contributed by atoms with Crippen molar-refractivity contribution in [2.24, 2.45) is 5.92 Å². The summed E-state index contributed by atoms with van der Waals surface area (Å²) in [5.41, 5.74) is 2.06. The van der Waals surface area contributed by atoms with Crippen LogP contribution in [0.5, 0.6) is 0 Å². The van der Waals surface area contributed by atoms with Gasteiger partial charge in [-0.3, -0.25) is 0 Å². The topological polar surface area (TPSA) is 12.5 Å². The number of likely N-dealkylation sites (tertiary alicyclic amines) is 1. The number of rotatable bonds is 5. The standard InChI is InChI=1S/C13H29NOSi2/c1-7-16(3,4)15-17(5,6)12-14-10-8-13(2)9-11-14/h7,13H,1,8-12H2,2-6H3. The van der Waals surface area contributed by atoms with Gasteiger partial charge in [-0.1, -0.05) is 12.6 Å². The van der Waals surface area contributed by atoms with Crippen LogP contribution < -0.4 is 0 Å². The number of hydrogen-bond acceptors (Lipinski definition) is 2. The second-order valence-corrected chi connectivity index (χ2v) is 14.9. The van der Waals surface area contributed by atoms with Crippen molar-refractivity contribution in [1.29, 1.82) is 0 Å². The van der Waals surface area contributed by atoms with E-state index < -0.39 is 16.6 Å². The van der Waals surface area contributed by atoms with Crippen LogP contribution in [0.4, 0.5) is 0 Å². The highest BCUT2D eigenvalue weighted by atomic mass is 28.4. The fraction of sp³-hybridized carbons (Fsp3) is 0.846. The molecule has 1 rings (SSSR count). The van der Waals surface area contributed by atoms with Gasteiger partial charge in [-0.05, 0) is 58.0 Å². The first-order chi connectivity index (χ1) is 7.74. The molecule has 2 nitrogen and oxygen atoms in total. The van der Waals surface area contributed by atoms with Crippen molar-refractivity contribution in [2.75, 3.05) is 19.3 Å². The van der Waals surface area contributed by atoms with Crippen LogP contribution >= 0.6 is 0 Å². The predicted octanol–water partition coefficient (Wildman–Crippen LogP) is 3.41. The zero-order valence-electron chi connectivity index (χ0n) is 12.3. The molecule has 1 aliphatic rings. The first kappa shape index (κ1) is 15.2. The van der Waals surface area contributed by atoms with Gasteiger partial charge in [0.05, 0.1) is 0 Å². The van der Waals surface area contributed by atoms with E-state index in [-0.39, 0.29) is 0 Å². The summed E-state index contributed by atoms with van der Waals surface area (Å²) in [6.45, 7) is 18.0. The van der Waals surface area contributed by atoms with Gasteiger partial charge in [0, 0.05) is 6.17 Å². The predicted molar refractivity (Wildman–Crippen MR) is 81.1 cm³/mol. The fourth-order valence-electron chi connectivity index (χ4n) is 2.54.